The standard InChI is InChI=1S/C24H30ClN3O3/c1-16(2)21(28-23(30)31-24(3,4)5)15-26-20-13-18(25)11-12-19(20)22(29)27-14-17-9-7-6-8-10-17/h6-13,15-16,21H,14H2,1-5H3,(H,27,29)(H,28,30)/t21-/m0/s1. The number of rotatable bonds is 7. The number of benzene rings is 2. The quantitative estimate of drug-likeness (QED) is 0.553. The summed E-state index contributed by atoms with van der Waals surface area (Å²) in [4.78, 5) is 29.4. The van der Waals surface area contributed by atoms with Gasteiger partial charge in [-0.05, 0) is 50.5 Å². The third kappa shape index (κ3) is 8.42. The molecule has 0 aliphatic heterocycles. The van der Waals surface area contributed by atoms with Crippen LogP contribution in [0, 0.1) is 5.92 Å². The summed E-state index contributed by atoms with van der Waals surface area (Å²) in [7, 11) is 0. The van der Waals surface area contributed by atoms with Crippen molar-refractivity contribution in [1.82, 2.24) is 10.6 Å². The van der Waals surface area contributed by atoms with Crippen molar-refractivity contribution < 1.29 is 14.3 Å². The first-order chi connectivity index (χ1) is 14.5. The molecule has 7 heteroatoms. The molecule has 0 bridgehead atoms. The highest BCUT2D eigenvalue weighted by molar-refractivity contribution is 6.31. The van der Waals surface area contributed by atoms with E-state index in [-0.39, 0.29) is 17.9 Å². The number of nitrogens with zero attached hydrogens (tertiary/aromatic N) is 1. The Kier molecular flexibility index (Phi) is 8.63. The maximum absolute atomic E-state index is 12.7. The zero-order chi connectivity index (χ0) is 23.0. The van der Waals surface area contributed by atoms with Crippen molar-refractivity contribution >= 4 is 35.5 Å². The van der Waals surface area contributed by atoms with Crippen LogP contribution in [-0.2, 0) is 11.3 Å². The van der Waals surface area contributed by atoms with Gasteiger partial charge in [-0.1, -0.05) is 55.8 Å². The van der Waals surface area contributed by atoms with Crippen LogP contribution in [0.1, 0.15) is 50.5 Å². The predicted molar refractivity (Wildman–Crippen MR) is 125 cm³/mol. The highest BCUT2D eigenvalue weighted by Crippen LogP contribution is 2.24. The molecule has 0 fully saturated rings. The van der Waals surface area contributed by atoms with Crippen molar-refractivity contribution in [1.29, 1.82) is 0 Å². The second-order valence-electron chi connectivity index (χ2n) is 8.52. The Morgan fingerprint density at radius 3 is 2.42 bits per heavy atom. The number of hydrogen-bond acceptors (Lipinski definition) is 4. The number of hydrogen-bond donors (Lipinski definition) is 2. The van der Waals surface area contributed by atoms with E-state index < -0.39 is 11.7 Å². The maximum atomic E-state index is 12.7. The number of carbonyl (C=O) groups excluding carboxylic acids is 2. The molecule has 0 radical (unpaired) electrons. The molecule has 2 N–H and O–H groups in total. The van der Waals surface area contributed by atoms with E-state index >= 15 is 0 Å². The van der Waals surface area contributed by atoms with Gasteiger partial charge in [0.2, 0.25) is 0 Å². The maximum Gasteiger partial charge on any atom is 0.408 e. The summed E-state index contributed by atoms with van der Waals surface area (Å²) in [5, 5.41) is 6.17. The van der Waals surface area contributed by atoms with Gasteiger partial charge in [-0.15, -0.1) is 0 Å². The van der Waals surface area contributed by atoms with Crippen molar-refractivity contribution in [3.8, 4) is 0 Å². The summed E-state index contributed by atoms with van der Waals surface area (Å²) >= 11 is 6.13. The van der Waals surface area contributed by atoms with Crippen molar-refractivity contribution in [2.45, 2.75) is 52.8 Å². The van der Waals surface area contributed by atoms with E-state index in [1.54, 1.807) is 45.2 Å². The Hall–Kier alpha value is -2.86. The van der Waals surface area contributed by atoms with Crippen LogP contribution < -0.4 is 10.6 Å². The summed E-state index contributed by atoms with van der Waals surface area (Å²) in [5.74, 6) is -0.195. The zero-order valence-corrected chi connectivity index (χ0v) is 19.4. The third-order valence-electron chi connectivity index (χ3n) is 4.28. The summed E-state index contributed by atoms with van der Waals surface area (Å²) in [5.41, 5.74) is 1.22. The molecule has 166 valence electrons. The predicted octanol–water partition coefficient (Wildman–Crippen LogP) is 5.52. The van der Waals surface area contributed by atoms with Crippen LogP contribution in [0.4, 0.5) is 10.5 Å². The Bertz CT molecular complexity index is 921. The fourth-order valence-electron chi connectivity index (χ4n) is 2.66. The molecule has 6 nitrogen and oxygen atoms in total. The largest absolute Gasteiger partial charge is 0.444 e. The lowest BCUT2D eigenvalue weighted by Gasteiger charge is -2.23. The minimum absolute atomic E-state index is 0.0609. The molecule has 0 spiro atoms. The van der Waals surface area contributed by atoms with Crippen LogP contribution >= 0.6 is 11.6 Å². The molecule has 2 rings (SSSR count). The number of ether oxygens (including phenoxy) is 1. The van der Waals surface area contributed by atoms with E-state index in [9.17, 15) is 9.59 Å². The summed E-state index contributed by atoms with van der Waals surface area (Å²) in [6.07, 6.45) is 1.08. The highest BCUT2D eigenvalue weighted by atomic mass is 35.5. The van der Waals surface area contributed by atoms with Crippen LogP contribution in [0.25, 0.3) is 0 Å². The van der Waals surface area contributed by atoms with Gasteiger partial charge >= 0.3 is 6.09 Å². The normalized spacial score (nSPS) is 12.6. The number of aliphatic imine (C=N–C) groups is 1. The Morgan fingerprint density at radius 1 is 1.13 bits per heavy atom. The molecule has 0 unspecified atom stereocenters. The number of alkyl carbamates (subject to hydrolysis) is 1. The van der Waals surface area contributed by atoms with Gasteiger partial charge < -0.3 is 15.4 Å². The van der Waals surface area contributed by atoms with Gasteiger partial charge in [0.1, 0.15) is 5.60 Å². The van der Waals surface area contributed by atoms with Crippen LogP contribution in [0.15, 0.2) is 53.5 Å². The summed E-state index contributed by atoms with van der Waals surface area (Å²) < 4.78 is 5.33. The molecule has 0 aliphatic carbocycles. The average molecular weight is 444 g/mol. The van der Waals surface area contributed by atoms with Crippen LogP contribution in [0.5, 0.6) is 0 Å². The van der Waals surface area contributed by atoms with E-state index in [1.807, 2.05) is 44.2 Å². The van der Waals surface area contributed by atoms with Crippen molar-refractivity contribution in [2.75, 3.05) is 0 Å². The first kappa shape index (κ1) is 24.4. The molecule has 2 aromatic carbocycles. The van der Waals surface area contributed by atoms with E-state index in [0.717, 1.165) is 5.56 Å². The van der Waals surface area contributed by atoms with Crippen molar-refractivity contribution in [3.63, 3.8) is 0 Å². The number of amides is 2. The first-order valence-electron chi connectivity index (χ1n) is 10.2. The van der Waals surface area contributed by atoms with E-state index in [2.05, 4.69) is 15.6 Å². The lowest BCUT2D eigenvalue weighted by atomic mass is 10.1. The van der Waals surface area contributed by atoms with Gasteiger partial charge in [-0.2, -0.15) is 0 Å². The average Bonchev–Trinajstić information content (AvgIpc) is 2.68. The van der Waals surface area contributed by atoms with Crippen LogP contribution in [0.3, 0.4) is 0 Å². The SMILES string of the molecule is CC(C)[C@H](C=Nc1cc(Cl)ccc1C(=O)NCc1ccccc1)NC(=O)OC(C)(C)C. The van der Waals surface area contributed by atoms with Gasteiger partial charge in [-0.3, -0.25) is 9.79 Å². The van der Waals surface area contributed by atoms with Crippen LogP contribution in [0.2, 0.25) is 5.02 Å². The second kappa shape index (κ2) is 11.0. The topological polar surface area (TPSA) is 79.8 Å². The lowest BCUT2D eigenvalue weighted by molar-refractivity contribution is 0.0509. The van der Waals surface area contributed by atoms with Gasteiger partial charge in [0.15, 0.2) is 0 Å². The number of carbonyl (C=O) groups is 2. The van der Waals surface area contributed by atoms with Gasteiger partial charge in [-0.25, -0.2) is 4.79 Å². The highest BCUT2D eigenvalue weighted by Gasteiger charge is 2.20. The Morgan fingerprint density at radius 2 is 1.81 bits per heavy atom. The molecule has 1 atom stereocenters. The molecule has 0 aliphatic rings. The smallest absolute Gasteiger partial charge is 0.408 e. The summed E-state index contributed by atoms with van der Waals surface area (Å²) in [6.45, 7) is 9.73. The number of nitrogens with one attached hydrogen (secondary N) is 2. The Labute approximate surface area is 189 Å². The molecular formula is C24H30ClN3O3. The molecule has 0 aromatic heterocycles. The first-order valence-corrected chi connectivity index (χ1v) is 10.6. The van der Waals surface area contributed by atoms with E-state index in [4.69, 9.17) is 16.3 Å². The summed E-state index contributed by atoms with van der Waals surface area (Å²) in [6, 6.07) is 14.2. The third-order valence-corrected chi connectivity index (χ3v) is 4.51. The Balaban J connectivity index is 2.16. The molecule has 0 saturated heterocycles. The molecular weight excluding hydrogens is 414 g/mol. The molecule has 0 heterocycles. The molecule has 31 heavy (non-hydrogen) atoms. The van der Waals surface area contributed by atoms with Gasteiger partial charge in [0.25, 0.3) is 5.91 Å². The van der Waals surface area contributed by atoms with Gasteiger partial charge in [0.05, 0.1) is 17.3 Å². The van der Waals surface area contributed by atoms with Crippen molar-refractivity contribution in [2.24, 2.45) is 10.9 Å². The second-order valence-corrected chi connectivity index (χ2v) is 8.96. The minimum Gasteiger partial charge on any atom is -0.444 e. The molecule has 0 saturated carbocycles. The fraction of sp³-hybridized carbons (Fsp3) is 0.375. The van der Waals surface area contributed by atoms with Crippen LogP contribution in [-0.4, -0.2) is 29.9 Å². The van der Waals surface area contributed by atoms with Crippen molar-refractivity contribution in [3.05, 3.63) is 64.7 Å². The zero-order valence-electron chi connectivity index (χ0n) is 18.6. The monoisotopic (exact) mass is 443 g/mol. The molecule has 2 amide bonds. The lowest BCUT2D eigenvalue weighted by Crippen LogP contribution is -2.42. The fourth-order valence-corrected chi connectivity index (χ4v) is 2.82. The van der Waals surface area contributed by atoms with E-state index in [0.29, 0.717) is 22.8 Å². The number of halogens is 1. The van der Waals surface area contributed by atoms with E-state index in [1.165, 1.54) is 0 Å². The molecule has 2 aromatic rings. The minimum atomic E-state index is -0.597. The van der Waals surface area contributed by atoms with Gasteiger partial charge in [0, 0.05) is 17.8 Å².